The first-order valence-electron chi connectivity index (χ1n) is 5.30. The van der Waals surface area contributed by atoms with E-state index in [4.69, 9.17) is 0 Å². The minimum absolute atomic E-state index is 0.00579. The van der Waals surface area contributed by atoms with Crippen molar-refractivity contribution >= 4 is 17.3 Å². The summed E-state index contributed by atoms with van der Waals surface area (Å²) < 4.78 is 0. The molecular formula is C11H15N3O3. The van der Waals surface area contributed by atoms with Gasteiger partial charge in [-0.3, -0.25) is 14.9 Å². The average molecular weight is 237 g/mol. The molecule has 92 valence electrons. The molecule has 2 N–H and O–H groups in total. The van der Waals surface area contributed by atoms with Gasteiger partial charge in [-0.15, -0.1) is 0 Å². The maximum absolute atomic E-state index is 11.5. The highest BCUT2D eigenvalue weighted by Gasteiger charge is 2.14. The number of amides is 1. The number of anilines is 1. The second kappa shape index (κ2) is 5.95. The lowest BCUT2D eigenvalue weighted by molar-refractivity contribution is -0.385. The van der Waals surface area contributed by atoms with Gasteiger partial charge in [0, 0.05) is 6.07 Å². The summed E-state index contributed by atoms with van der Waals surface area (Å²) >= 11 is 0. The molecule has 1 aromatic carbocycles. The van der Waals surface area contributed by atoms with Crippen LogP contribution in [0.15, 0.2) is 18.2 Å². The van der Waals surface area contributed by atoms with E-state index in [1.54, 1.807) is 19.1 Å². The van der Waals surface area contributed by atoms with Crippen LogP contribution in [0.4, 0.5) is 11.4 Å². The van der Waals surface area contributed by atoms with Crippen LogP contribution in [0.5, 0.6) is 0 Å². The normalized spacial score (nSPS) is 10.0. The fraction of sp³-hybridized carbons (Fsp3) is 0.364. The van der Waals surface area contributed by atoms with Gasteiger partial charge < -0.3 is 10.6 Å². The van der Waals surface area contributed by atoms with Crippen molar-refractivity contribution < 1.29 is 9.72 Å². The topological polar surface area (TPSA) is 84.3 Å². The molecule has 0 aliphatic heterocycles. The molecule has 0 atom stereocenters. The van der Waals surface area contributed by atoms with Gasteiger partial charge in [-0.05, 0) is 19.5 Å². The monoisotopic (exact) mass is 237 g/mol. The molecule has 1 aromatic rings. The fourth-order valence-corrected chi connectivity index (χ4v) is 1.39. The number of nitro groups is 1. The Morgan fingerprint density at radius 1 is 1.47 bits per heavy atom. The van der Waals surface area contributed by atoms with Crippen LogP contribution in [-0.2, 0) is 4.79 Å². The molecule has 0 aliphatic carbocycles. The van der Waals surface area contributed by atoms with Gasteiger partial charge >= 0.3 is 0 Å². The summed E-state index contributed by atoms with van der Waals surface area (Å²) in [4.78, 5) is 21.7. The zero-order valence-corrected chi connectivity index (χ0v) is 9.82. The van der Waals surface area contributed by atoms with E-state index in [9.17, 15) is 14.9 Å². The summed E-state index contributed by atoms with van der Waals surface area (Å²) in [6.45, 7) is 4.40. The summed E-state index contributed by atoms with van der Waals surface area (Å²) in [6.07, 6.45) is 0. The molecule has 0 saturated carbocycles. The summed E-state index contributed by atoms with van der Waals surface area (Å²) in [5.74, 6) is -0.213. The zero-order chi connectivity index (χ0) is 12.8. The Hall–Kier alpha value is -1.95. The highest BCUT2D eigenvalue weighted by atomic mass is 16.6. The Morgan fingerprint density at radius 3 is 2.76 bits per heavy atom. The lowest BCUT2D eigenvalue weighted by Gasteiger charge is -2.08. The zero-order valence-electron chi connectivity index (χ0n) is 9.82. The number of hydrogen-bond acceptors (Lipinski definition) is 4. The lowest BCUT2D eigenvalue weighted by atomic mass is 10.1. The summed E-state index contributed by atoms with van der Waals surface area (Å²) in [5.41, 5.74) is 0.940. The summed E-state index contributed by atoms with van der Waals surface area (Å²) in [5, 5.41) is 16.2. The molecular weight excluding hydrogens is 222 g/mol. The molecule has 0 saturated heterocycles. The van der Waals surface area contributed by atoms with Crippen LogP contribution in [-0.4, -0.2) is 23.9 Å². The molecule has 0 radical (unpaired) electrons. The van der Waals surface area contributed by atoms with E-state index in [2.05, 4.69) is 10.6 Å². The third kappa shape index (κ3) is 3.53. The number of rotatable bonds is 5. The van der Waals surface area contributed by atoms with Crippen LogP contribution in [0.3, 0.4) is 0 Å². The molecule has 17 heavy (non-hydrogen) atoms. The number of carbonyl (C=O) groups is 1. The number of hydrogen-bond donors (Lipinski definition) is 2. The van der Waals surface area contributed by atoms with Gasteiger partial charge in [0.2, 0.25) is 5.91 Å². The molecule has 0 unspecified atom stereocenters. The van der Waals surface area contributed by atoms with Gasteiger partial charge in [0.1, 0.15) is 0 Å². The molecule has 0 bridgehead atoms. The predicted molar refractivity (Wildman–Crippen MR) is 65.0 cm³/mol. The third-order valence-corrected chi connectivity index (χ3v) is 2.31. The van der Waals surface area contributed by atoms with E-state index >= 15 is 0 Å². The van der Waals surface area contributed by atoms with Gasteiger partial charge in [0.25, 0.3) is 5.69 Å². The quantitative estimate of drug-likeness (QED) is 0.599. The first kappa shape index (κ1) is 13.1. The van der Waals surface area contributed by atoms with E-state index in [-0.39, 0.29) is 18.1 Å². The molecule has 6 nitrogen and oxygen atoms in total. The van der Waals surface area contributed by atoms with E-state index in [0.29, 0.717) is 17.8 Å². The van der Waals surface area contributed by atoms with Gasteiger partial charge in [0.05, 0.1) is 22.7 Å². The molecule has 0 spiro atoms. The second-order valence-corrected chi connectivity index (χ2v) is 3.54. The number of nitro benzene ring substituents is 1. The van der Waals surface area contributed by atoms with Crippen LogP contribution in [0.1, 0.15) is 12.5 Å². The van der Waals surface area contributed by atoms with Crippen molar-refractivity contribution in [1.29, 1.82) is 0 Å². The van der Waals surface area contributed by atoms with Crippen LogP contribution in [0.2, 0.25) is 0 Å². The standard InChI is InChI=1S/C11H15N3O3/c1-3-12-7-11(15)13-9-5-4-6-10(8(9)2)14(16)17/h4-6,12H,3,7H2,1-2H3,(H,13,15). The van der Waals surface area contributed by atoms with Crippen LogP contribution < -0.4 is 10.6 Å². The Kier molecular flexibility index (Phi) is 4.59. The Bertz CT molecular complexity index is 432. The van der Waals surface area contributed by atoms with Crippen molar-refractivity contribution in [2.24, 2.45) is 0 Å². The van der Waals surface area contributed by atoms with Gasteiger partial charge in [0.15, 0.2) is 0 Å². The van der Waals surface area contributed by atoms with Crippen molar-refractivity contribution in [3.63, 3.8) is 0 Å². The van der Waals surface area contributed by atoms with Crippen LogP contribution >= 0.6 is 0 Å². The van der Waals surface area contributed by atoms with Gasteiger partial charge in [-0.1, -0.05) is 13.0 Å². The Labute approximate surface area is 99.2 Å². The van der Waals surface area contributed by atoms with Crippen molar-refractivity contribution in [3.05, 3.63) is 33.9 Å². The Morgan fingerprint density at radius 2 is 2.18 bits per heavy atom. The van der Waals surface area contributed by atoms with Crippen LogP contribution in [0, 0.1) is 17.0 Å². The number of nitrogens with one attached hydrogen (secondary N) is 2. The highest BCUT2D eigenvalue weighted by molar-refractivity contribution is 5.93. The van der Waals surface area contributed by atoms with E-state index < -0.39 is 4.92 Å². The smallest absolute Gasteiger partial charge is 0.274 e. The van der Waals surface area contributed by atoms with E-state index in [1.807, 2.05) is 6.92 Å². The molecule has 0 aliphatic rings. The molecule has 0 aromatic heterocycles. The molecule has 6 heteroatoms. The minimum atomic E-state index is -0.463. The van der Waals surface area contributed by atoms with Gasteiger partial charge in [-0.25, -0.2) is 0 Å². The average Bonchev–Trinajstić information content (AvgIpc) is 2.28. The summed E-state index contributed by atoms with van der Waals surface area (Å²) in [7, 11) is 0. The number of benzene rings is 1. The van der Waals surface area contributed by atoms with Crippen molar-refractivity contribution in [3.8, 4) is 0 Å². The Balaban J connectivity index is 2.81. The second-order valence-electron chi connectivity index (χ2n) is 3.54. The lowest BCUT2D eigenvalue weighted by Crippen LogP contribution is -2.28. The molecule has 0 fully saturated rings. The molecule has 1 amide bonds. The fourth-order valence-electron chi connectivity index (χ4n) is 1.39. The number of likely N-dealkylation sites (N-methyl/N-ethyl adjacent to an activating group) is 1. The SMILES string of the molecule is CCNCC(=O)Nc1cccc([N+](=O)[O-])c1C. The summed E-state index contributed by atoms with van der Waals surface area (Å²) in [6, 6.07) is 4.61. The predicted octanol–water partition coefficient (Wildman–Crippen LogP) is 1.45. The van der Waals surface area contributed by atoms with Gasteiger partial charge in [-0.2, -0.15) is 0 Å². The molecule has 1 rings (SSSR count). The number of carbonyl (C=O) groups excluding carboxylic acids is 1. The largest absolute Gasteiger partial charge is 0.324 e. The number of nitrogens with zero attached hydrogens (tertiary/aromatic N) is 1. The minimum Gasteiger partial charge on any atom is -0.324 e. The van der Waals surface area contributed by atoms with Crippen LogP contribution in [0.25, 0.3) is 0 Å². The highest BCUT2D eigenvalue weighted by Crippen LogP contribution is 2.24. The first-order chi connectivity index (χ1) is 8.06. The maximum Gasteiger partial charge on any atom is 0.274 e. The first-order valence-corrected chi connectivity index (χ1v) is 5.30. The van der Waals surface area contributed by atoms with Crippen molar-refractivity contribution in [1.82, 2.24) is 5.32 Å². The van der Waals surface area contributed by atoms with E-state index in [1.165, 1.54) is 6.07 Å². The molecule has 0 heterocycles. The van der Waals surface area contributed by atoms with E-state index in [0.717, 1.165) is 0 Å². The maximum atomic E-state index is 11.5. The van der Waals surface area contributed by atoms with Crippen molar-refractivity contribution in [2.45, 2.75) is 13.8 Å². The third-order valence-electron chi connectivity index (χ3n) is 2.31. The van der Waals surface area contributed by atoms with Crippen molar-refractivity contribution in [2.75, 3.05) is 18.4 Å².